The van der Waals surface area contributed by atoms with Crippen molar-refractivity contribution in [2.75, 3.05) is 9.62 Å². The zero-order valence-corrected chi connectivity index (χ0v) is 17.6. The fourth-order valence-corrected chi connectivity index (χ4v) is 5.01. The smallest absolute Gasteiger partial charge is 0.338 e. The zero-order chi connectivity index (χ0) is 24.2. The van der Waals surface area contributed by atoms with Gasteiger partial charge in [-0.15, -0.1) is 0 Å². The standard InChI is InChI=1S/C21H15F6N3O2S/c1-12-3-2-4-16-18(12)30(11-13-5-10-17(21(25,26)27)29-19(13)28-16)33(31,32)15-8-6-14(7-9-15)20(22,23)24/h2-10H,11H2,1H3,(H,28,29). The Hall–Kier alpha value is -3.28. The van der Waals surface area contributed by atoms with Gasteiger partial charge in [-0.3, -0.25) is 4.31 Å². The summed E-state index contributed by atoms with van der Waals surface area (Å²) in [6, 6.07) is 9.55. The number of fused-ring (bicyclic) bond motifs is 2. The van der Waals surface area contributed by atoms with Gasteiger partial charge in [0.05, 0.1) is 28.4 Å². The van der Waals surface area contributed by atoms with Crippen LogP contribution in [0.1, 0.15) is 22.4 Å². The first kappa shape index (κ1) is 22.9. The van der Waals surface area contributed by atoms with Crippen LogP contribution in [0.2, 0.25) is 0 Å². The Morgan fingerprint density at radius 3 is 2.18 bits per heavy atom. The van der Waals surface area contributed by atoms with E-state index in [1.165, 1.54) is 6.07 Å². The third-order valence-electron chi connectivity index (χ3n) is 5.09. The number of aromatic nitrogens is 1. The maximum Gasteiger partial charge on any atom is 0.433 e. The molecule has 4 rings (SSSR count). The lowest BCUT2D eigenvalue weighted by atomic mass is 10.1. The molecule has 1 N–H and O–H groups in total. The van der Waals surface area contributed by atoms with Crippen molar-refractivity contribution in [2.45, 2.75) is 30.7 Å². The number of hydrogen-bond donors (Lipinski definition) is 1. The van der Waals surface area contributed by atoms with E-state index in [1.54, 1.807) is 19.1 Å². The SMILES string of the molecule is Cc1cccc2c1N(S(=O)(=O)c1ccc(C(F)(F)F)cc1)Cc1ccc(C(F)(F)F)nc1N2. The molecule has 12 heteroatoms. The van der Waals surface area contributed by atoms with E-state index in [1.807, 2.05) is 0 Å². The van der Waals surface area contributed by atoms with Crippen LogP contribution in [0.5, 0.6) is 0 Å². The molecule has 2 aromatic carbocycles. The van der Waals surface area contributed by atoms with Gasteiger partial charge >= 0.3 is 12.4 Å². The largest absolute Gasteiger partial charge is 0.433 e. The minimum atomic E-state index is -4.70. The number of rotatable bonds is 2. The van der Waals surface area contributed by atoms with Crippen molar-refractivity contribution in [1.29, 1.82) is 0 Å². The van der Waals surface area contributed by atoms with Gasteiger partial charge in [0.1, 0.15) is 11.5 Å². The van der Waals surface area contributed by atoms with Crippen molar-refractivity contribution in [2.24, 2.45) is 0 Å². The van der Waals surface area contributed by atoms with Crippen molar-refractivity contribution in [3.05, 3.63) is 77.0 Å². The third kappa shape index (κ3) is 4.22. The summed E-state index contributed by atoms with van der Waals surface area (Å²) in [5.41, 5.74) is -1.17. The summed E-state index contributed by atoms with van der Waals surface area (Å²) >= 11 is 0. The number of aryl methyl sites for hydroxylation is 1. The molecule has 0 amide bonds. The number of nitrogens with one attached hydrogen (secondary N) is 1. The first-order chi connectivity index (χ1) is 15.3. The van der Waals surface area contributed by atoms with Gasteiger partial charge < -0.3 is 5.32 Å². The molecule has 0 bridgehead atoms. The Morgan fingerprint density at radius 2 is 1.58 bits per heavy atom. The Bertz CT molecular complexity index is 1320. The van der Waals surface area contributed by atoms with Crippen LogP contribution in [0.3, 0.4) is 0 Å². The van der Waals surface area contributed by atoms with Gasteiger partial charge in [0.2, 0.25) is 0 Å². The van der Waals surface area contributed by atoms with E-state index in [0.29, 0.717) is 17.7 Å². The number of para-hydroxylation sites is 1. The molecule has 0 spiro atoms. The van der Waals surface area contributed by atoms with Gasteiger partial charge in [0.25, 0.3) is 10.0 Å². The number of anilines is 3. The Balaban J connectivity index is 1.86. The number of sulfonamides is 1. The van der Waals surface area contributed by atoms with E-state index in [0.717, 1.165) is 28.6 Å². The summed E-state index contributed by atoms with van der Waals surface area (Å²) in [7, 11) is -4.39. The van der Waals surface area contributed by atoms with Crippen LogP contribution in [0.15, 0.2) is 59.5 Å². The Kier molecular flexibility index (Phi) is 5.31. The lowest BCUT2D eigenvalue weighted by Gasteiger charge is -2.26. The highest BCUT2D eigenvalue weighted by Crippen LogP contribution is 2.41. The minimum Gasteiger partial charge on any atom is -0.338 e. The third-order valence-corrected chi connectivity index (χ3v) is 6.85. The summed E-state index contributed by atoms with van der Waals surface area (Å²) < 4.78 is 106. The number of halogens is 6. The van der Waals surface area contributed by atoms with Crippen molar-refractivity contribution in [3.63, 3.8) is 0 Å². The van der Waals surface area contributed by atoms with Crippen LogP contribution in [0, 0.1) is 6.92 Å². The first-order valence-electron chi connectivity index (χ1n) is 9.42. The normalized spacial score (nSPS) is 14.2. The predicted molar refractivity (Wildman–Crippen MR) is 109 cm³/mol. The number of nitrogens with zero attached hydrogens (tertiary/aromatic N) is 2. The van der Waals surface area contributed by atoms with E-state index >= 15 is 0 Å². The van der Waals surface area contributed by atoms with Crippen LogP contribution >= 0.6 is 0 Å². The maximum absolute atomic E-state index is 13.5. The summed E-state index contributed by atoms with van der Waals surface area (Å²) in [4.78, 5) is 3.22. The van der Waals surface area contributed by atoms with E-state index in [-0.39, 0.29) is 29.3 Å². The molecule has 5 nitrogen and oxygen atoms in total. The summed E-state index contributed by atoms with van der Waals surface area (Å²) in [6.45, 7) is 1.23. The van der Waals surface area contributed by atoms with Crippen molar-refractivity contribution in [1.82, 2.24) is 4.98 Å². The number of alkyl halides is 6. The van der Waals surface area contributed by atoms with Gasteiger partial charge in [0, 0.05) is 5.56 Å². The molecule has 1 aliphatic heterocycles. The van der Waals surface area contributed by atoms with Crippen molar-refractivity contribution in [3.8, 4) is 0 Å². The quantitative estimate of drug-likeness (QED) is 0.459. The molecule has 1 aromatic heterocycles. The fraction of sp³-hybridized carbons (Fsp3) is 0.190. The minimum absolute atomic E-state index is 0.156. The molecule has 0 saturated heterocycles. The van der Waals surface area contributed by atoms with Crippen molar-refractivity contribution >= 4 is 27.2 Å². The molecule has 33 heavy (non-hydrogen) atoms. The molecule has 0 atom stereocenters. The Labute approximate surface area is 184 Å². The van der Waals surface area contributed by atoms with E-state index in [9.17, 15) is 34.8 Å². The van der Waals surface area contributed by atoms with Gasteiger partial charge in [0.15, 0.2) is 0 Å². The highest BCUT2D eigenvalue weighted by atomic mass is 32.2. The lowest BCUT2D eigenvalue weighted by molar-refractivity contribution is -0.141. The van der Waals surface area contributed by atoms with Crippen LogP contribution in [0.4, 0.5) is 43.5 Å². The molecule has 0 unspecified atom stereocenters. The van der Waals surface area contributed by atoms with Crippen LogP contribution in [-0.2, 0) is 28.9 Å². The fourth-order valence-electron chi connectivity index (χ4n) is 3.48. The average Bonchev–Trinajstić information content (AvgIpc) is 2.90. The summed E-state index contributed by atoms with van der Waals surface area (Å²) in [5.74, 6) is -0.165. The average molecular weight is 487 g/mol. The van der Waals surface area contributed by atoms with Gasteiger partial charge in [-0.1, -0.05) is 18.2 Å². The van der Waals surface area contributed by atoms with Gasteiger partial charge in [-0.25, -0.2) is 13.4 Å². The molecule has 0 radical (unpaired) electrons. The molecule has 1 aliphatic rings. The van der Waals surface area contributed by atoms with Gasteiger partial charge in [-0.2, -0.15) is 26.3 Å². The second-order valence-electron chi connectivity index (χ2n) is 7.33. The van der Waals surface area contributed by atoms with Crippen LogP contribution in [0.25, 0.3) is 0 Å². The zero-order valence-electron chi connectivity index (χ0n) is 16.8. The predicted octanol–water partition coefficient (Wildman–Crippen LogP) is 5.88. The monoisotopic (exact) mass is 487 g/mol. The molecular formula is C21H15F6N3O2S. The number of benzene rings is 2. The molecule has 3 aromatic rings. The van der Waals surface area contributed by atoms with Gasteiger partial charge in [-0.05, 0) is 48.9 Å². The molecule has 0 saturated carbocycles. The summed E-state index contributed by atoms with van der Waals surface area (Å²) in [6.07, 6.45) is -9.34. The second kappa shape index (κ2) is 7.65. The molecule has 174 valence electrons. The lowest BCUT2D eigenvalue weighted by Crippen LogP contribution is -2.31. The molecule has 0 aliphatic carbocycles. The second-order valence-corrected chi connectivity index (χ2v) is 9.19. The maximum atomic E-state index is 13.5. The molecule has 0 fully saturated rings. The topological polar surface area (TPSA) is 62.3 Å². The van der Waals surface area contributed by atoms with Crippen LogP contribution in [-0.4, -0.2) is 13.4 Å². The van der Waals surface area contributed by atoms with E-state index in [2.05, 4.69) is 10.3 Å². The van der Waals surface area contributed by atoms with E-state index in [4.69, 9.17) is 0 Å². The summed E-state index contributed by atoms with van der Waals surface area (Å²) in [5, 5.41) is 2.77. The number of hydrogen-bond acceptors (Lipinski definition) is 4. The number of pyridine rings is 1. The van der Waals surface area contributed by atoms with Crippen molar-refractivity contribution < 1.29 is 34.8 Å². The Morgan fingerprint density at radius 1 is 0.909 bits per heavy atom. The molecule has 2 heterocycles. The van der Waals surface area contributed by atoms with E-state index < -0.39 is 38.5 Å². The highest BCUT2D eigenvalue weighted by molar-refractivity contribution is 7.92. The molecular weight excluding hydrogens is 472 g/mol. The highest BCUT2D eigenvalue weighted by Gasteiger charge is 2.36. The first-order valence-corrected chi connectivity index (χ1v) is 10.9. The van der Waals surface area contributed by atoms with Crippen LogP contribution < -0.4 is 9.62 Å².